The molecule has 0 aliphatic heterocycles. The van der Waals surface area contributed by atoms with Crippen LogP contribution in [0.15, 0.2) is 47.1 Å². The van der Waals surface area contributed by atoms with E-state index >= 15 is 0 Å². The van der Waals surface area contributed by atoms with Crippen molar-refractivity contribution in [1.29, 1.82) is 0 Å². The molecule has 3 aromatic rings. The molecule has 24 heavy (non-hydrogen) atoms. The molecule has 0 radical (unpaired) electrons. The van der Waals surface area contributed by atoms with E-state index in [9.17, 15) is 4.79 Å². The van der Waals surface area contributed by atoms with Crippen LogP contribution >= 0.6 is 11.3 Å². The lowest BCUT2D eigenvalue weighted by Gasteiger charge is -2.05. The second-order valence-corrected chi connectivity index (χ2v) is 6.58. The average molecular weight is 342 g/mol. The number of amides is 1. The standard InChI is InChI=1S/C18H18N2O3S/c1-12-16(20-18(24-12)15-3-2-10-23-15)17(22)19-9-8-13-4-6-14(11-21)7-5-13/h2-7,10,21H,8-9,11H2,1H3,(H,19,22). The van der Waals surface area contributed by atoms with Crippen LogP contribution in [0.25, 0.3) is 10.8 Å². The molecule has 1 aromatic carbocycles. The lowest BCUT2D eigenvalue weighted by atomic mass is 10.1. The fourth-order valence-corrected chi connectivity index (χ4v) is 3.21. The molecule has 3 rings (SSSR count). The van der Waals surface area contributed by atoms with Gasteiger partial charge >= 0.3 is 0 Å². The highest BCUT2D eigenvalue weighted by Gasteiger charge is 2.17. The van der Waals surface area contributed by atoms with Gasteiger partial charge in [-0.25, -0.2) is 4.98 Å². The van der Waals surface area contributed by atoms with E-state index in [2.05, 4.69) is 10.3 Å². The minimum Gasteiger partial charge on any atom is -0.462 e. The van der Waals surface area contributed by atoms with E-state index in [0.717, 1.165) is 22.4 Å². The first-order valence-electron chi connectivity index (χ1n) is 7.65. The summed E-state index contributed by atoms with van der Waals surface area (Å²) in [6.07, 6.45) is 2.32. The number of nitrogens with zero attached hydrogens (tertiary/aromatic N) is 1. The number of nitrogens with one attached hydrogen (secondary N) is 1. The lowest BCUT2D eigenvalue weighted by Crippen LogP contribution is -2.26. The molecule has 0 aliphatic carbocycles. The van der Waals surface area contributed by atoms with Crippen molar-refractivity contribution in [1.82, 2.24) is 10.3 Å². The van der Waals surface area contributed by atoms with E-state index in [-0.39, 0.29) is 12.5 Å². The number of aliphatic hydroxyl groups is 1. The number of benzene rings is 1. The second-order valence-electron chi connectivity index (χ2n) is 5.38. The number of hydrogen-bond donors (Lipinski definition) is 2. The van der Waals surface area contributed by atoms with Crippen LogP contribution in [-0.4, -0.2) is 22.5 Å². The SMILES string of the molecule is Cc1sc(-c2ccco2)nc1C(=O)NCCc1ccc(CO)cc1. The van der Waals surface area contributed by atoms with Crippen LogP contribution in [0.2, 0.25) is 0 Å². The number of rotatable bonds is 6. The molecule has 0 bridgehead atoms. The molecule has 124 valence electrons. The van der Waals surface area contributed by atoms with Gasteiger partial charge in [-0.3, -0.25) is 4.79 Å². The maximum atomic E-state index is 12.3. The van der Waals surface area contributed by atoms with Gasteiger partial charge in [0.25, 0.3) is 5.91 Å². The predicted octanol–water partition coefficient (Wildman–Crippen LogP) is 3.18. The van der Waals surface area contributed by atoms with E-state index in [1.807, 2.05) is 37.3 Å². The van der Waals surface area contributed by atoms with Crippen LogP contribution in [0, 0.1) is 6.92 Å². The molecule has 0 aliphatic rings. The van der Waals surface area contributed by atoms with Crippen LogP contribution < -0.4 is 5.32 Å². The van der Waals surface area contributed by atoms with E-state index in [1.54, 1.807) is 12.3 Å². The second kappa shape index (κ2) is 7.42. The van der Waals surface area contributed by atoms with Gasteiger partial charge in [-0.15, -0.1) is 11.3 Å². The van der Waals surface area contributed by atoms with Gasteiger partial charge in [0.2, 0.25) is 0 Å². The van der Waals surface area contributed by atoms with Gasteiger partial charge in [0.05, 0.1) is 12.9 Å². The highest BCUT2D eigenvalue weighted by Crippen LogP contribution is 2.27. The highest BCUT2D eigenvalue weighted by atomic mass is 32.1. The van der Waals surface area contributed by atoms with Gasteiger partial charge in [-0.05, 0) is 36.6 Å². The Hall–Kier alpha value is -2.44. The quantitative estimate of drug-likeness (QED) is 0.721. The van der Waals surface area contributed by atoms with Crippen LogP contribution in [0.5, 0.6) is 0 Å². The molecule has 0 atom stereocenters. The van der Waals surface area contributed by atoms with Gasteiger partial charge in [-0.2, -0.15) is 0 Å². The summed E-state index contributed by atoms with van der Waals surface area (Å²) >= 11 is 1.44. The number of thiazole rings is 1. The van der Waals surface area contributed by atoms with E-state index in [0.29, 0.717) is 23.0 Å². The number of hydrogen-bond acceptors (Lipinski definition) is 5. The number of carbonyl (C=O) groups excluding carboxylic acids is 1. The van der Waals surface area contributed by atoms with Crippen molar-refractivity contribution in [3.8, 4) is 10.8 Å². The van der Waals surface area contributed by atoms with Gasteiger partial charge in [-0.1, -0.05) is 24.3 Å². The van der Waals surface area contributed by atoms with Crippen molar-refractivity contribution in [2.24, 2.45) is 0 Å². The fraction of sp³-hybridized carbons (Fsp3) is 0.222. The van der Waals surface area contributed by atoms with Crippen LogP contribution in [0.4, 0.5) is 0 Å². The molecule has 2 N–H and O–H groups in total. The molecule has 2 aromatic heterocycles. The zero-order chi connectivity index (χ0) is 16.9. The summed E-state index contributed by atoms with van der Waals surface area (Å²) in [7, 11) is 0. The molecule has 2 heterocycles. The summed E-state index contributed by atoms with van der Waals surface area (Å²) in [6.45, 7) is 2.45. The molecular formula is C18H18N2O3S. The molecule has 6 heteroatoms. The van der Waals surface area contributed by atoms with Crippen molar-refractivity contribution in [3.05, 3.63) is 64.4 Å². The topological polar surface area (TPSA) is 75.4 Å². The zero-order valence-electron chi connectivity index (χ0n) is 13.3. The highest BCUT2D eigenvalue weighted by molar-refractivity contribution is 7.15. The summed E-state index contributed by atoms with van der Waals surface area (Å²) in [5, 5.41) is 12.6. The normalized spacial score (nSPS) is 10.8. The van der Waals surface area contributed by atoms with Crippen molar-refractivity contribution in [2.75, 3.05) is 6.54 Å². The molecular weight excluding hydrogens is 324 g/mol. The minimum atomic E-state index is -0.173. The number of carbonyl (C=O) groups is 1. The Kier molecular flexibility index (Phi) is 5.08. The molecule has 0 saturated heterocycles. The summed E-state index contributed by atoms with van der Waals surface area (Å²) < 4.78 is 5.32. The lowest BCUT2D eigenvalue weighted by molar-refractivity contribution is 0.0949. The summed E-state index contributed by atoms with van der Waals surface area (Å²) in [5.74, 6) is 0.500. The van der Waals surface area contributed by atoms with E-state index < -0.39 is 0 Å². The maximum absolute atomic E-state index is 12.3. The van der Waals surface area contributed by atoms with E-state index in [1.165, 1.54) is 11.3 Å². The summed E-state index contributed by atoms with van der Waals surface area (Å²) in [5.41, 5.74) is 2.44. The van der Waals surface area contributed by atoms with Crippen molar-refractivity contribution >= 4 is 17.2 Å². The van der Waals surface area contributed by atoms with Crippen molar-refractivity contribution in [3.63, 3.8) is 0 Å². The van der Waals surface area contributed by atoms with Gasteiger partial charge in [0, 0.05) is 11.4 Å². The Morgan fingerprint density at radius 1 is 1.25 bits per heavy atom. The fourth-order valence-electron chi connectivity index (χ4n) is 2.33. The Balaban J connectivity index is 1.58. The number of aryl methyl sites for hydroxylation is 1. The third-order valence-electron chi connectivity index (χ3n) is 3.65. The molecule has 0 spiro atoms. The Labute approximate surface area is 144 Å². The average Bonchev–Trinajstić information content (AvgIpc) is 3.25. The van der Waals surface area contributed by atoms with Crippen molar-refractivity contribution < 1.29 is 14.3 Å². The van der Waals surface area contributed by atoms with Gasteiger partial charge < -0.3 is 14.8 Å². The summed E-state index contributed by atoms with van der Waals surface area (Å²) in [4.78, 5) is 17.6. The number of aromatic nitrogens is 1. The van der Waals surface area contributed by atoms with Gasteiger partial charge in [0.15, 0.2) is 10.8 Å². The Morgan fingerprint density at radius 3 is 2.67 bits per heavy atom. The Morgan fingerprint density at radius 2 is 2.00 bits per heavy atom. The molecule has 1 amide bonds. The zero-order valence-corrected chi connectivity index (χ0v) is 14.1. The third-order valence-corrected chi connectivity index (χ3v) is 4.63. The number of aliphatic hydroxyl groups excluding tert-OH is 1. The third kappa shape index (κ3) is 3.72. The number of furan rings is 1. The smallest absolute Gasteiger partial charge is 0.271 e. The van der Waals surface area contributed by atoms with Crippen LogP contribution in [0.1, 0.15) is 26.5 Å². The molecule has 0 fully saturated rings. The molecule has 5 nitrogen and oxygen atoms in total. The maximum Gasteiger partial charge on any atom is 0.271 e. The molecule has 0 saturated carbocycles. The predicted molar refractivity (Wildman–Crippen MR) is 93.0 cm³/mol. The van der Waals surface area contributed by atoms with E-state index in [4.69, 9.17) is 9.52 Å². The van der Waals surface area contributed by atoms with Gasteiger partial charge in [0.1, 0.15) is 5.69 Å². The minimum absolute atomic E-state index is 0.0398. The van der Waals surface area contributed by atoms with Crippen LogP contribution in [0.3, 0.4) is 0 Å². The Bertz CT molecular complexity index is 807. The molecule has 0 unspecified atom stereocenters. The first-order chi connectivity index (χ1) is 11.7. The van der Waals surface area contributed by atoms with Crippen molar-refractivity contribution in [2.45, 2.75) is 20.0 Å². The first-order valence-corrected chi connectivity index (χ1v) is 8.47. The largest absolute Gasteiger partial charge is 0.462 e. The summed E-state index contributed by atoms with van der Waals surface area (Å²) in [6, 6.07) is 11.3. The first kappa shape index (κ1) is 16.4. The van der Waals surface area contributed by atoms with Crippen LogP contribution in [-0.2, 0) is 13.0 Å². The monoisotopic (exact) mass is 342 g/mol.